The highest BCUT2D eigenvalue weighted by molar-refractivity contribution is 7.22. The van der Waals surface area contributed by atoms with Gasteiger partial charge in [-0.3, -0.25) is 4.79 Å². The van der Waals surface area contributed by atoms with E-state index < -0.39 is 0 Å². The van der Waals surface area contributed by atoms with E-state index in [1.807, 2.05) is 24.0 Å². The number of hydrogen-bond acceptors (Lipinski definition) is 7. The number of carbonyl (C=O) groups is 1. The Morgan fingerprint density at radius 2 is 1.83 bits per heavy atom. The summed E-state index contributed by atoms with van der Waals surface area (Å²) in [6.07, 6.45) is 1.91. The van der Waals surface area contributed by atoms with Gasteiger partial charge in [-0.25, -0.2) is 4.98 Å². The predicted molar refractivity (Wildman–Crippen MR) is 140 cm³/mol. The maximum absolute atomic E-state index is 12.8. The fourth-order valence-electron chi connectivity index (χ4n) is 4.84. The van der Waals surface area contributed by atoms with Crippen LogP contribution in [0.3, 0.4) is 0 Å². The molecule has 8 heteroatoms. The van der Waals surface area contributed by atoms with Crippen molar-refractivity contribution in [3.05, 3.63) is 53.1 Å². The molecule has 3 heterocycles. The van der Waals surface area contributed by atoms with E-state index in [0.717, 1.165) is 66.5 Å². The van der Waals surface area contributed by atoms with Gasteiger partial charge in [0.25, 0.3) is 0 Å². The molecule has 0 spiro atoms. The summed E-state index contributed by atoms with van der Waals surface area (Å²) in [5, 5.41) is 10.2. The van der Waals surface area contributed by atoms with E-state index in [2.05, 4.69) is 47.1 Å². The van der Waals surface area contributed by atoms with Gasteiger partial charge in [0.15, 0.2) is 5.13 Å². The van der Waals surface area contributed by atoms with Crippen LogP contribution >= 0.6 is 11.3 Å². The van der Waals surface area contributed by atoms with E-state index in [1.54, 1.807) is 11.3 Å². The van der Waals surface area contributed by atoms with Gasteiger partial charge in [0.05, 0.1) is 28.0 Å². The van der Waals surface area contributed by atoms with Crippen molar-refractivity contribution in [2.75, 3.05) is 55.7 Å². The van der Waals surface area contributed by atoms with E-state index in [4.69, 9.17) is 15.0 Å². The first kappa shape index (κ1) is 23.6. The highest BCUT2D eigenvalue weighted by Gasteiger charge is 2.25. The Bertz CT molecular complexity index is 1250. The summed E-state index contributed by atoms with van der Waals surface area (Å²) in [6.45, 7) is 9.00. The van der Waals surface area contributed by atoms with E-state index in [9.17, 15) is 4.79 Å². The maximum atomic E-state index is 12.8. The Morgan fingerprint density at radius 3 is 2.54 bits per heavy atom. The fraction of sp³-hybridized carbons (Fsp3) is 0.444. The lowest BCUT2D eigenvalue weighted by Gasteiger charge is -2.36. The number of nitrogens with zero attached hydrogens (tertiary/aromatic N) is 5. The van der Waals surface area contributed by atoms with Crippen LogP contribution < -0.4 is 9.80 Å². The molecule has 0 unspecified atom stereocenters. The summed E-state index contributed by atoms with van der Waals surface area (Å²) < 4.78 is 7.23. The number of amides is 1. The predicted octanol–water partition coefficient (Wildman–Crippen LogP) is 4.12. The van der Waals surface area contributed by atoms with Crippen LogP contribution in [0.15, 0.2) is 36.4 Å². The Kier molecular flexibility index (Phi) is 6.89. The first-order valence-corrected chi connectivity index (χ1v) is 13.1. The molecule has 7 nitrogen and oxygen atoms in total. The smallest absolute Gasteiger partial charge is 0.248 e. The Balaban J connectivity index is 1.06. The van der Waals surface area contributed by atoms with Crippen LogP contribution in [-0.4, -0.2) is 67.8 Å². The summed E-state index contributed by atoms with van der Waals surface area (Å²) in [7, 11) is 0. The summed E-state index contributed by atoms with van der Waals surface area (Å²) in [4.78, 5) is 24.1. The zero-order valence-electron chi connectivity index (χ0n) is 20.4. The highest BCUT2D eigenvalue weighted by Crippen LogP contribution is 2.30. The fourth-order valence-corrected chi connectivity index (χ4v) is 5.84. The van der Waals surface area contributed by atoms with Crippen molar-refractivity contribution in [1.82, 2.24) is 9.88 Å². The lowest BCUT2D eigenvalue weighted by molar-refractivity contribution is -0.138. The van der Waals surface area contributed by atoms with Crippen molar-refractivity contribution in [3.63, 3.8) is 0 Å². The number of aromatic nitrogens is 1. The van der Waals surface area contributed by atoms with Gasteiger partial charge < -0.3 is 19.4 Å². The minimum atomic E-state index is 0.0784. The third-order valence-corrected chi connectivity index (χ3v) is 8.11. The quantitative estimate of drug-likeness (QED) is 0.537. The van der Waals surface area contributed by atoms with Crippen LogP contribution in [0.25, 0.3) is 10.2 Å². The second-order valence-corrected chi connectivity index (χ2v) is 10.5. The number of piperidine rings is 1. The third-order valence-electron chi connectivity index (χ3n) is 7.01. The molecule has 1 aromatic heterocycles. The molecule has 0 radical (unpaired) electrons. The van der Waals surface area contributed by atoms with E-state index in [-0.39, 0.29) is 18.6 Å². The van der Waals surface area contributed by atoms with E-state index >= 15 is 0 Å². The summed E-state index contributed by atoms with van der Waals surface area (Å²) >= 11 is 1.72. The molecule has 2 aliphatic heterocycles. The van der Waals surface area contributed by atoms with Gasteiger partial charge in [-0.2, -0.15) is 5.26 Å². The second-order valence-electron chi connectivity index (χ2n) is 9.44. The van der Waals surface area contributed by atoms with Crippen LogP contribution in [0, 0.1) is 25.2 Å². The number of ether oxygens (including phenoxy) is 1. The standard InChI is InChI=1S/C27H31N5O2S/c1-19-3-6-25-24(15-19)29-27(35-25)32-13-11-31(12-14-32)26(33)18-34-23-7-9-30(10-8-23)22-5-4-21(17-28)20(2)16-22/h3-6,15-16,23H,7-14,18H2,1-2H3. The largest absolute Gasteiger partial charge is 0.371 e. The molecule has 0 bridgehead atoms. The number of anilines is 2. The van der Waals surface area contributed by atoms with E-state index in [1.165, 1.54) is 10.3 Å². The minimum absolute atomic E-state index is 0.0784. The molecule has 35 heavy (non-hydrogen) atoms. The summed E-state index contributed by atoms with van der Waals surface area (Å²) in [6, 6.07) is 14.6. The zero-order chi connectivity index (χ0) is 24.4. The van der Waals surface area contributed by atoms with Crippen LogP contribution in [0.4, 0.5) is 10.8 Å². The molecular formula is C27H31N5O2S. The number of benzene rings is 2. The molecule has 3 aromatic rings. The molecule has 0 saturated carbocycles. The SMILES string of the molecule is Cc1ccc2sc(N3CCN(C(=O)COC4CCN(c5ccc(C#N)c(C)c5)CC4)CC3)nc2c1. The Labute approximate surface area is 210 Å². The summed E-state index contributed by atoms with van der Waals surface area (Å²) in [5.41, 5.74) is 5.16. The van der Waals surface area contributed by atoms with Crippen molar-refractivity contribution in [3.8, 4) is 6.07 Å². The third kappa shape index (κ3) is 5.26. The average molecular weight is 490 g/mol. The number of aryl methyl sites for hydroxylation is 2. The first-order valence-electron chi connectivity index (χ1n) is 12.3. The van der Waals surface area contributed by atoms with Crippen molar-refractivity contribution in [2.45, 2.75) is 32.8 Å². The van der Waals surface area contributed by atoms with Crippen LogP contribution in [0.1, 0.15) is 29.5 Å². The van der Waals surface area contributed by atoms with Gasteiger partial charge in [-0.15, -0.1) is 0 Å². The normalized spacial score (nSPS) is 17.1. The molecule has 0 atom stereocenters. The lowest BCUT2D eigenvalue weighted by atomic mass is 10.0. The monoisotopic (exact) mass is 489 g/mol. The van der Waals surface area contributed by atoms with Gasteiger partial charge in [0.1, 0.15) is 6.61 Å². The molecule has 2 saturated heterocycles. The van der Waals surface area contributed by atoms with Gasteiger partial charge in [0, 0.05) is 45.0 Å². The molecule has 2 aliphatic rings. The van der Waals surface area contributed by atoms with Crippen molar-refractivity contribution in [2.24, 2.45) is 0 Å². The maximum Gasteiger partial charge on any atom is 0.248 e. The molecule has 2 aromatic carbocycles. The first-order chi connectivity index (χ1) is 17.0. The molecule has 2 fully saturated rings. The van der Waals surface area contributed by atoms with Crippen LogP contribution in [0.2, 0.25) is 0 Å². The zero-order valence-corrected chi connectivity index (χ0v) is 21.2. The topological polar surface area (TPSA) is 72.7 Å². The van der Waals surface area contributed by atoms with E-state index in [0.29, 0.717) is 13.1 Å². The minimum Gasteiger partial charge on any atom is -0.371 e. The molecular weight excluding hydrogens is 458 g/mol. The van der Waals surface area contributed by atoms with Crippen molar-refractivity contribution in [1.29, 1.82) is 5.26 Å². The number of nitriles is 1. The number of carbonyl (C=O) groups excluding carboxylic acids is 1. The number of piperazine rings is 1. The molecule has 182 valence electrons. The molecule has 1 amide bonds. The van der Waals surface area contributed by atoms with Gasteiger partial charge in [-0.05, 0) is 68.1 Å². The van der Waals surface area contributed by atoms with Crippen LogP contribution in [0.5, 0.6) is 0 Å². The van der Waals surface area contributed by atoms with Gasteiger partial charge in [0.2, 0.25) is 5.91 Å². The molecule has 5 rings (SSSR count). The van der Waals surface area contributed by atoms with Gasteiger partial charge in [-0.1, -0.05) is 17.4 Å². The average Bonchev–Trinajstić information content (AvgIpc) is 3.31. The number of hydrogen-bond donors (Lipinski definition) is 0. The van der Waals surface area contributed by atoms with Crippen molar-refractivity contribution >= 4 is 38.3 Å². The van der Waals surface area contributed by atoms with Gasteiger partial charge >= 0.3 is 0 Å². The second kappa shape index (κ2) is 10.2. The Morgan fingerprint density at radius 1 is 1.06 bits per heavy atom. The summed E-state index contributed by atoms with van der Waals surface area (Å²) in [5.74, 6) is 0.0784. The molecule has 0 aliphatic carbocycles. The number of fused-ring (bicyclic) bond motifs is 1. The van der Waals surface area contributed by atoms with Crippen molar-refractivity contribution < 1.29 is 9.53 Å². The van der Waals surface area contributed by atoms with Crippen LogP contribution in [-0.2, 0) is 9.53 Å². The Hall–Kier alpha value is -3.15. The lowest BCUT2D eigenvalue weighted by Crippen LogP contribution is -2.50. The number of rotatable bonds is 5. The molecule has 0 N–H and O–H groups in total. The number of thiazole rings is 1. The highest BCUT2D eigenvalue weighted by atomic mass is 32.1.